The zero-order valence-corrected chi connectivity index (χ0v) is 14.7. The van der Waals surface area contributed by atoms with Crippen molar-refractivity contribution in [2.75, 3.05) is 36.0 Å². The Morgan fingerprint density at radius 2 is 1.67 bits per heavy atom. The van der Waals surface area contributed by atoms with Crippen molar-refractivity contribution in [3.05, 3.63) is 54.3 Å². The third-order valence-corrected chi connectivity index (χ3v) is 5.34. The number of nitrogens with zero attached hydrogens (tertiary/aromatic N) is 2. The molecule has 140 valence electrons. The van der Waals surface area contributed by atoms with E-state index < -0.39 is 11.9 Å². The summed E-state index contributed by atoms with van der Waals surface area (Å²) in [6, 6.07) is 11.9. The van der Waals surface area contributed by atoms with Crippen LogP contribution in [0.2, 0.25) is 0 Å². The van der Waals surface area contributed by atoms with Gasteiger partial charge in [0.25, 0.3) is 5.91 Å². The van der Waals surface area contributed by atoms with Crippen LogP contribution in [0.1, 0.15) is 6.42 Å². The van der Waals surface area contributed by atoms with Crippen molar-refractivity contribution < 1.29 is 24.0 Å². The number of nitrogens with one attached hydrogen (secondary N) is 1. The van der Waals surface area contributed by atoms with Gasteiger partial charge in [0, 0.05) is 5.69 Å². The van der Waals surface area contributed by atoms with Gasteiger partial charge in [0.2, 0.25) is 5.91 Å². The van der Waals surface area contributed by atoms with Gasteiger partial charge in [0.15, 0.2) is 6.04 Å². The first-order chi connectivity index (χ1) is 13.0. The second kappa shape index (κ2) is 7.00. The van der Waals surface area contributed by atoms with Crippen LogP contribution in [0.4, 0.5) is 15.8 Å². The summed E-state index contributed by atoms with van der Waals surface area (Å²) in [6.07, 6.45) is 0.156. The van der Waals surface area contributed by atoms with Crippen LogP contribution >= 0.6 is 0 Å². The summed E-state index contributed by atoms with van der Waals surface area (Å²) >= 11 is 0. The van der Waals surface area contributed by atoms with E-state index in [2.05, 4.69) is 0 Å². The number of halogens is 1. The molecule has 1 atom stereocenters. The van der Waals surface area contributed by atoms with E-state index in [9.17, 15) is 19.1 Å². The van der Waals surface area contributed by atoms with Gasteiger partial charge >= 0.3 is 0 Å². The molecule has 0 saturated carbocycles. The number of carbonyl (C=O) groups excluding carboxylic acids is 2. The van der Waals surface area contributed by atoms with E-state index in [0.717, 1.165) is 9.80 Å². The Kier molecular flexibility index (Phi) is 4.53. The smallest absolute Gasteiger partial charge is 0.292 e. The molecule has 2 fully saturated rings. The fourth-order valence-electron chi connectivity index (χ4n) is 3.91. The summed E-state index contributed by atoms with van der Waals surface area (Å²) < 4.78 is 13.1. The summed E-state index contributed by atoms with van der Waals surface area (Å²) in [5, 5.41) is 12.0. The highest BCUT2D eigenvalue weighted by atomic mass is 19.1. The lowest BCUT2D eigenvalue weighted by Gasteiger charge is -2.37. The standard InChI is InChI=1S/C20H20FN3O3/c21-14-5-7-15(8-6-14)24-19(26)13-17(20(24)27)23-11-9-22(10-12-23)16-3-1-2-4-18(16)25/h1-8,17,25H,9-13H2. The van der Waals surface area contributed by atoms with Crippen LogP contribution in [0, 0.1) is 5.82 Å². The molecule has 2 amide bonds. The molecule has 27 heavy (non-hydrogen) atoms. The molecule has 2 aliphatic rings. The molecule has 1 unspecified atom stereocenters. The molecule has 0 bridgehead atoms. The number of para-hydroxylation sites is 2. The Balaban J connectivity index is 1.44. The highest BCUT2D eigenvalue weighted by molar-refractivity contribution is 6.21. The van der Waals surface area contributed by atoms with Crippen molar-refractivity contribution in [3.8, 4) is 5.75 Å². The van der Waals surface area contributed by atoms with E-state index in [4.69, 9.17) is 0 Å². The maximum absolute atomic E-state index is 13.1. The summed E-state index contributed by atoms with van der Waals surface area (Å²) in [7, 11) is 0. The minimum absolute atomic E-state index is 0.00412. The molecule has 0 radical (unpaired) electrons. The number of rotatable bonds is 3. The summed E-state index contributed by atoms with van der Waals surface area (Å²) in [5.74, 6) is -0.902. The number of imide groups is 1. The number of piperazine rings is 1. The van der Waals surface area contributed by atoms with Gasteiger partial charge in [-0.1, -0.05) is 23.9 Å². The highest BCUT2D eigenvalue weighted by Crippen LogP contribution is 2.25. The predicted octanol–water partition coefficient (Wildman–Crippen LogP) is -0.0637. The Bertz CT molecular complexity index is 863. The van der Waals surface area contributed by atoms with Gasteiger partial charge in [-0.05, 0) is 30.3 Å². The molecule has 2 aromatic carbocycles. The minimum atomic E-state index is -0.424. The first-order valence-corrected chi connectivity index (χ1v) is 9.02. The number of hydrogen-bond acceptors (Lipinski definition) is 4. The van der Waals surface area contributed by atoms with Gasteiger partial charge < -0.3 is 14.9 Å². The molecule has 0 aromatic heterocycles. The summed E-state index contributed by atoms with van der Waals surface area (Å²) in [6.45, 7) is 2.66. The third kappa shape index (κ3) is 3.26. The molecule has 0 aliphatic carbocycles. The Hall–Kier alpha value is -2.93. The van der Waals surface area contributed by atoms with E-state index in [1.807, 2.05) is 17.0 Å². The average Bonchev–Trinajstić information content (AvgIpc) is 2.97. The molecule has 7 heteroatoms. The van der Waals surface area contributed by atoms with Crippen molar-refractivity contribution in [1.29, 1.82) is 0 Å². The summed E-state index contributed by atoms with van der Waals surface area (Å²) in [5.41, 5.74) is 1.09. The molecular weight excluding hydrogens is 349 g/mol. The van der Waals surface area contributed by atoms with Crippen LogP contribution < -0.4 is 19.8 Å². The van der Waals surface area contributed by atoms with Crippen LogP contribution in [0.15, 0.2) is 48.5 Å². The van der Waals surface area contributed by atoms with E-state index >= 15 is 0 Å². The maximum atomic E-state index is 13.1. The predicted molar refractivity (Wildman–Crippen MR) is 96.1 cm³/mol. The SMILES string of the molecule is O=C1CC([NH+]2CCN(c3ccccc3[O-])CC2)C(=O)N1c1ccc(F)cc1. The van der Waals surface area contributed by atoms with E-state index in [-0.39, 0.29) is 24.0 Å². The van der Waals surface area contributed by atoms with Gasteiger partial charge in [-0.2, -0.15) is 0 Å². The Labute approximate surface area is 156 Å². The van der Waals surface area contributed by atoms with E-state index in [1.165, 1.54) is 24.3 Å². The zero-order valence-electron chi connectivity index (χ0n) is 14.7. The van der Waals surface area contributed by atoms with Crippen LogP contribution in [-0.4, -0.2) is 44.0 Å². The number of quaternary nitrogens is 1. The number of anilines is 2. The monoisotopic (exact) mass is 369 g/mol. The number of benzene rings is 2. The average molecular weight is 369 g/mol. The second-order valence-electron chi connectivity index (χ2n) is 6.91. The Morgan fingerprint density at radius 3 is 2.33 bits per heavy atom. The fourth-order valence-corrected chi connectivity index (χ4v) is 3.91. The van der Waals surface area contributed by atoms with Gasteiger partial charge in [0.1, 0.15) is 5.82 Å². The first kappa shape index (κ1) is 17.5. The number of hydrogen-bond donors (Lipinski definition) is 1. The normalized spacial score (nSPS) is 21.1. The molecular formula is C20H20FN3O3. The van der Waals surface area contributed by atoms with E-state index in [0.29, 0.717) is 37.6 Å². The summed E-state index contributed by atoms with van der Waals surface area (Å²) in [4.78, 5) is 29.5. The second-order valence-corrected chi connectivity index (χ2v) is 6.91. The van der Waals surface area contributed by atoms with Crippen molar-refractivity contribution in [2.45, 2.75) is 12.5 Å². The van der Waals surface area contributed by atoms with Gasteiger partial charge in [-0.25, -0.2) is 9.29 Å². The molecule has 2 aromatic rings. The number of amides is 2. The van der Waals surface area contributed by atoms with Gasteiger partial charge in [-0.15, -0.1) is 0 Å². The molecule has 4 rings (SSSR count). The van der Waals surface area contributed by atoms with Crippen LogP contribution in [0.25, 0.3) is 0 Å². The molecule has 2 saturated heterocycles. The van der Waals surface area contributed by atoms with Crippen molar-refractivity contribution >= 4 is 23.2 Å². The van der Waals surface area contributed by atoms with Crippen molar-refractivity contribution in [1.82, 2.24) is 0 Å². The molecule has 2 aliphatic heterocycles. The lowest BCUT2D eigenvalue weighted by molar-refractivity contribution is -0.915. The molecule has 2 heterocycles. The minimum Gasteiger partial charge on any atom is -0.871 e. The quantitative estimate of drug-likeness (QED) is 0.770. The van der Waals surface area contributed by atoms with Crippen molar-refractivity contribution in [2.24, 2.45) is 0 Å². The fraction of sp³-hybridized carbons (Fsp3) is 0.300. The van der Waals surface area contributed by atoms with E-state index in [1.54, 1.807) is 12.1 Å². The lowest BCUT2D eigenvalue weighted by Crippen LogP contribution is -3.19. The third-order valence-electron chi connectivity index (χ3n) is 5.34. The Morgan fingerprint density at radius 1 is 1.00 bits per heavy atom. The molecule has 6 nitrogen and oxygen atoms in total. The largest absolute Gasteiger partial charge is 0.871 e. The molecule has 0 spiro atoms. The highest BCUT2D eigenvalue weighted by Gasteiger charge is 2.46. The first-order valence-electron chi connectivity index (χ1n) is 9.02. The maximum Gasteiger partial charge on any atom is 0.292 e. The lowest BCUT2D eigenvalue weighted by atomic mass is 10.1. The molecule has 1 N–H and O–H groups in total. The van der Waals surface area contributed by atoms with Gasteiger partial charge in [-0.3, -0.25) is 9.59 Å². The van der Waals surface area contributed by atoms with Crippen LogP contribution in [-0.2, 0) is 9.59 Å². The zero-order chi connectivity index (χ0) is 19.0. The van der Waals surface area contributed by atoms with Crippen LogP contribution in [0.3, 0.4) is 0 Å². The number of carbonyl (C=O) groups is 2. The topological polar surface area (TPSA) is 68.1 Å². The van der Waals surface area contributed by atoms with Crippen molar-refractivity contribution in [3.63, 3.8) is 0 Å². The van der Waals surface area contributed by atoms with Gasteiger partial charge in [0.05, 0.1) is 38.3 Å². The van der Waals surface area contributed by atoms with Crippen LogP contribution in [0.5, 0.6) is 5.75 Å².